The van der Waals surface area contributed by atoms with Crippen LogP contribution in [0.15, 0.2) is 85.1 Å². The third kappa shape index (κ3) is 51.6. The van der Waals surface area contributed by atoms with E-state index in [1.165, 1.54) is 77.0 Å². The topological polar surface area (TPSA) is 78.9 Å². The molecule has 0 aliphatic rings. The quantitative estimate of drug-likeness (QED) is 0.0262. The fourth-order valence-corrected chi connectivity index (χ4v) is 7.51. The van der Waals surface area contributed by atoms with Crippen LogP contribution in [0.1, 0.15) is 258 Å². The number of allylic oxidation sites excluding steroid dienone is 14. The van der Waals surface area contributed by atoms with Gasteiger partial charge in [0.2, 0.25) is 0 Å². The first-order chi connectivity index (χ1) is 32.5. The molecule has 6 nitrogen and oxygen atoms in total. The van der Waals surface area contributed by atoms with Gasteiger partial charge in [-0.25, -0.2) is 0 Å². The van der Waals surface area contributed by atoms with Crippen molar-refractivity contribution in [3.63, 3.8) is 0 Å². The number of rotatable bonds is 49. The van der Waals surface area contributed by atoms with Gasteiger partial charge in [-0.1, -0.05) is 234 Å². The lowest BCUT2D eigenvalue weighted by Gasteiger charge is -2.18. The maximum atomic E-state index is 12.8. The molecule has 0 fully saturated rings. The van der Waals surface area contributed by atoms with E-state index in [4.69, 9.17) is 14.2 Å². The van der Waals surface area contributed by atoms with Gasteiger partial charge < -0.3 is 14.2 Å². The molecule has 1 unspecified atom stereocenters. The van der Waals surface area contributed by atoms with Crippen molar-refractivity contribution in [1.29, 1.82) is 0 Å². The average molecular weight is 919 g/mol. The van der Waals surface area contributed by atoms with Crippen molar-refractivity contribution in [2.45, 2.75) is 264 Å². The molecule has 6 heteroatoms. The summed E-state index contributed by atoms with van der Waals surface area (Å²) in [4.78, 5) is 38.1. The monoisotopic (exact) mass is 919 g/mol. The summed E-state index contributed by atoms with van der Waals surface area (Å²) in [5.41, 5.74) is 0. The van der Waals surface area contributed by atoms with E-state index in [1.807, 2.05) is 0 Å². The van der Waals surface area contributed by atoms with Gasteiger partial charge in [0.1, 0.15) is 13.2 Å². The van der Waals surface area contributed by atoms with Crippen LogP contribution >= 0.6 is 0 Å². The van der Waals surface area contributed by atoms with Crippen molar-refractivity contribution in [2.75, 3.05) is 13.2 Å². The van der Waals surface area contributed by atoms with Gasteiger partial charge in [-0.3, -0.25) is 14.4 Å². The second kappa shape index (κ2) is 54.2. The third-order valence-electron chi connectivity index (χ3n) is 11.6. The van der Waals surface area contributed by atoms with Crippen LogP contribution in [0.2, 0.25) is 0 Å². The fraction of sp³-hybridized carbons (Fsp3) is 0.717. The first-order valence-electron chi connectivity index (χ1n) is 27.6. The Kier molecular flexibility index (Phi) is 51.4. The van der Waals surface area contributed by atoms with E-state index in [0.29, 0.717) is 19.3 Å². The lowest BCUT2D eigenvalue weighted by atomic mass is 10.0. The molecule has 0 heterocycles. The van der Waals surface area contributed by atoms with Crippen molar-refractivity contribution in [2.24, 2.45) is 0 Å². The summed E-state index contributed by atoms with van der Waals surface area (Å²) in [7, 11) is 0. The molecule has 0 aromatic heterocycles. The van der Waals surface area contributed by atoms with Crippen molar-refractivity contribution in [3.8, 4) is 0 Å². The Bertz CT molecular complexity index is 1290. The molecule has 0 radical (unpaired) electrons. The highest BCUT2D eigenvalue weighted by Crippen LogP contribution is 2.15. The average Bonchev–Trinajstić information content (AvgIpc) is 3.31. The Morgan fingerprint density at radius 1 is 0.318 bits per heavy atom. The minimum absolute atomic E-state index is 0.0888. The van der Waals surface area contributed by atoms with Gasteiger partial charge in [-0.05, 0) is 89.9 Å². The lowest BCUT2D eigenvalue weighted by Crippen LogP contribution is -2.30. The van der Waals surface area contributed by atoms with E-state index < -0.39 is 6.10 Å². The van der Waals surface area contributed by atoms with Gasteiger partial charge in [0.15, 0.2) is 6.10 Å². The van der Waals surface area contributed by atoms with E-state index in [-0.39, 0.29) is 31.1 Å². The summed E-state index contributed by atoms with van der Waals surface area (Å²) in [5.74, 6) is -0.916. The van der Waals surface area contributed by atoms with Gasteiger partial charge in [0.05, 0.1) is 0 Å². The van der Waals surface area contributed by atoms with Crippen LogP contribution in [0.5, 0.6) is 0 Å². The highest BCUT2D eigenvalue weighted by Gasteiger charge is 2.19. The predicted octanol–water partition coefficient (Wildman–Crippen LogP) is 18.4. The Balaban J connectivity index is 4.40. The molecule has 0 saturated carbocycles. The number of hydrogen-bond donors (Lipinski definition) is 0. The van der Waals surface area contributed by atoms with E-state index in [9.17, 15) is 14.4 Å². The van der Waals surface area contributed by atoms with Gasteiger partial charge in [0, 0.05) is 19.3 Å². The minimum atomic E-state index is -0.789. The predicted molar refractivity (Wildman–Crippen MR) is 284 cm³/mol. The maximum Gasteiger partial charge on any atom is 0.306 e. The molecule has 0 saturated heterocycles. The zero-order valence-electron chi connectivity index (χ0n) is 43.2. The molecular formula is C60H102O6. The normalized spacial score (nSPS) is 12.7. The van der Waals surface area contributed by atoms with Crippen LogP contribution in [-0.4, -0.2) is 37.2 Å². The minimum Gasteiger partial charge on any atom is -0.462 e. The highest BCUT2D eigenvalue weighted by atomic mass is 16.6. The van der Waals surface area contributed by atoms with E-state index in [2.05, 4.69) is 106 Å². The van der Waals surface area contributed by atoms with E-state index in [0.717, 1.165) is 141 Å². The summed E-state index contributed by atoms with van der Waals surface area (Å²) in [5, 5.41) is 0. The van der Waals surface area contributed by atoms with Gasteiger partial charge in [-0.2, -0.15) is 0 Å². The summed E-state index contributed by atoms with van der Waals surface area (Å²) in [6.45, 7) is 6.44. The Morgan fingerprint density at radius 3 is 0.985 bits per heavy atom. The largest absolute Gasteiger partial charge is 0.462 e. The Labute approximate surface area is 407 Å². The van der Waals surface area contributed by atoms with Crippen LogP contribution < -0.4 is 0 Å². The van der Waals surface area contributed by atoms with Crippen molar-refractivity contribution >= 4 is 17.9 Å². The smallest absolute Gasteiger partial charge is 0.306 e. The van der Waals surface area contributed by atoms with Gasteiger partial charge in [-0.15, -0.1) is 0 Å². The lowest BCUT2D eigenvalue weighted by molar-refractivity contribution is -0.167. The molecule has 378 valence electrons. The molecule has 1 atom stereocenters. The van der Waals surface area contributed by atoms with Crippen molar-refractivity contribution in [3.05, 3.63) is 85.1 Å². The van der Waals surface area contributed by atoms with E-state index in [1.54, 1.807) is 0 Å². The van der Waals surface area contributed by atoms with Crippen LogP contribution in [0.3, 0.4) is 0 Å². The number of unbranched alkanes of at least 4 members (excludes halogenated alkanes) is 24. The number of carbonyl (C=O) groups excluding carboxylic acids is 3. The number of hydrogen-bond acceptors (Lipinski definition) is 6. The van der Waals surface area contributed by atoms with Crippen LogP contribution in [-0.2, 0) is 28.6 Å². The second-order valence-corrected chi connectivity index (χ2v) is 18.1. The molecule has 0 spiro atoms. The molecule has 0 N–H and O–H groups in total. The molecule has 0 aromatic carbocycles. The molecule has 0 bridgehead atoms. The van der Waals surface area contributed by atoms with Gasteiger partial charge >= 0.3 is 17.9 Å². The second-order valence-electron chi connectivity index (χ2n) is 18.1. The third-order valence-corrected chi connectivity index (χ3v) is 11.6. The Hall–Kier alpha value is -3.41. The summed E-state index contributed by atoms with van der Waals surface area (Å²) >= 11 is 0. The Morgan fingerprint density at radius 2 is 0.621 bits per heavy atom. The van der Waals surface area contributed by atoms with E-state index >= 15 is 0 Å². The standard InChI is InChI=1S/C60H102O6/c1-4-7-10-13-16-19-22-25-27-28-29-30-31-32-33-36-38-41-44-47-50-53-59(62)65-56-57(55-64-58(61)52-49-46-43-40-37-34-24-21-18-15-12-9-6-3)66-60(63)54-51-48-45-42-39-35-26-23-20-17-14-11-8-5-2/h7,10,12,15-16,19,21,24-25,27,29-30,32-33,57H,4-6,8-9,11,13-14,17-18,20,22-23,26,28,31,34-56H2,1-3H3/b10-7-,15-12-,19-16-,24-21-,27-25-,30-29-,33-32-. The first-order valence-corrected chi connectivity index (χ1v) is 27.6. The molecular weight excluding hydrogens is 817 g/mol. The molecule has 0 aliphatic heterocycles. The molecule has 0 aromatic rings. The fourth-order valence-electron chi connectivity index (χ4n) is 7.51. The van der Waals surface area contributed by atoms with Gasteiger partial charge in [0.25, 0.3) is 0 Å². The summed E-state index contributed by atoms with van der Waals surface area (Å²) < 4.78 is 16.8. The number of ether oxygens (including phenoxy) is 3. The van der Waals surface area contributed by atoms with Crippen LogP contribution in [0.4, 0.5) is 0 Å². The number of carbonyl (C=O) groups is 3. The first kappa shape index (κ1) is 62.6. The molecule has 0 amide bonds. The van der Waals surface area contributed by atoms with Crippen molar-refractivity contribution < 1.29 is 28.6 Å². The summed E-state index contributed by atoms with van der Waals surface area (Å²) in [6, 6.07) is 0. The van der Waals surface area contributed by atoms with Crippen molar-refractivity contribution in [1.82, 2.24) is 0 Å². The SMILES string of the molecule is CC/C=C\C/C=C\C/C=C\C/C=C\C/C=C\CCCCCCCC(=O)OCC(COC(=O)CCCCCCC/C=C\C/C=C\CCC)OC(=O)CCCCCCCCCCCCCCCC. The number of esters is 3. The van der Waals surface area contributed by atoms with Crippen LogP contribution in [0.25, 0.3) is 0 Å². The highest BCUT2D eigenvalue weighted by molar-refractivity contribution is 5.71. The maximum absolute atomic E-state index is 12.8. The zero-order chi connectivity index (χ0) is 47.9. The molecule has 0 aliphatic carbocycles. The molecule has 66 heavy (non-hydrogen) atoms. The summed E-state index contributed by atoms with van der Waals surface area (Å²) in [6.07, 6.45) is 69.9. The van der Waals surface area contributed by atoms with Crippen LogP contribution in [0, 0.1) is 0 Å². The zero-order valence-corrected chi connectivity index (χ0v) is 43.2. The molecule has 0 rings (SSSR count).